The molecule has 2 aromatic rings. The minimum absolute atomic E-state index is 0.251. The van der Waals surface area contributed by atoms with Crippen molar-refractivity contribution in [3.63, 3.8) is 0 Å². The fraction of sp³-hybridized carbons (Fsp3) is 0.125. The van der Waals surface area contributed by atoms with Gasteiger partial charge in [-0.25, -0.2) is 0 Å². The summed E-state index contributed by atoms with van der Waals surface area (Å²) >= 11 is 9.57. The fourth-order valence-electron chi connectivity index (χ4n) is 1.74. The molecule has 0 atom stereocenters. The van der Waals surface area contributed by atoms with E-state index in [2.05, 4.69) is 27.2 Å². The molecule has 0 spiro atoms. The van der Waals surface area contributed by atoms with Crippen LogP contribution in [0.15, 0.2) is 46.9 Å². The number of para-hydroxylation sites is 1. The first kappa shape index (κ1) is 14.8. The van der Waals surface area contributed by atoms with Crippen LogP contribution in [-0.2, 0) is 6.54 Å². The van der Waals surface area contributed by atoms with Crippen molar-refractivity contribution in [2.24, 2.45) is 0 Å². The van der Waals surface area contributed by atoms with Crippen LogP contribution in [0.4, 0.5) is 5.69 Å². The monoisotopic (exact) mass is 349 g/mol. The minimum atomic E-state index is 0.251. The van der Waals surface area contributed by atoms with E-state index in [0.717, 1.165) is 21.5 Å². The molecule has 0 aliphatic carbocycles. The summed E-state index contributed by atoms with van der Waals surface area (Å²) in [6.07, 6.45) is 5.22. The molecular weight excluding hydrogens is 338 g/mol. The van der Waals surface area contributed by atoms with Crippen LogP contribution in [-0.4, -0.2) is 6.61 Å². The number of nitrogens with one attached hydrogen (secondary N) is 1. The molecule has 4 heteroatoms. The Morgan fingerprint density at radius 1 is 1.25 bits per heavy atom. The van der Waals surface area contributed by atoms with E-state index >= 15 is 0 Å². The highest BCUT2D eigenvalue weighted by atomic mass is 79.9. The molecule has 0 saturated carbocycles. The van der Waals surface area contributed by atoms with Gasteiger partial charge in [0.2, 0.25) is 0 Å². The van der Waals surface area contributed by atoms with Gasteiger partial charge in [0, 0.05) is 16.6 Å². The van der Waals surface area contributed by atoms with E-state index < -0.39 is 0 Å². The molecule has 0 radical (unpaired) electrons. The highest BCUT2D eigenvalue weighted by Gasteiger charge is 2.05. The van der Waals surface area contributed by atoms with Gasteiger partial charge < -0.3 is 10.1 Å². The lowest BCUT2D eigenvalue weighted by molar-refractivity contribution is 0.366. The van der Waals surface area contributed by atoms with Crippen LogP contribution >= 0.6 is 27.5 Å². The van der Waals surface area contributed by atoms with Crippen molar-refractivity contribution < 1.29 is 4.74 Å². The smallest absolute Gasteiger partial charge is 0.148 e. The lowest BCUT2D eigenvalue weighted by Gasteiger charge is -2.13. The zero-order chi connectivity index (χ0) is 14.4. The Bertz CT molecular complexity index is 637. The molecule has 0 fully saturated rings. The van der Waals surface area contributed by atoms with Crippen molar-refractivity contribution in [3.05, 3.63) is 57.5 Å². The summed E-state index contributed by atoms with van der Waals surface area (Å²) in [5.74, 6) is 3.23. The fourth-order valence-corrected chi connectivity index (χ4v) is 2.35. The van der Waals surface area contributed by atoms with Crippen LogP contribution in [0.3, 0.4) is 0 Å². The van der Waals surface area contributed by atoms with Crippen molar-refractivity contribution in [3.8, 4) is 18.1 Å². The first-order valence-electron chi connectivity index (χ1n) is 6.04. The molecule has 0 amide bonds. The van der Waals surface area contributed by atoms with E-state index in [4.69, 9.17) is 22.8 Å². The van der Waals surface area contributed by atoms with Crippen LogP contribution in [0.5, 0.6) is 5.75 Å². The highest BCUT2D eigenvalue weighted by molar-refractivity contribution is 9.10. The molecule has 0 unspecified atom stereocenters. The van der Waals surface area contributed by atoms with Gasteiger partial charge in [-0.2, -0.15) is 0 Å². The molecule has 2 aromatic carbocycles. The summed E-state index contributed by atoms with van der Waals surface area (Å²) in [5.41, 5.74) is 1.89. The average molecular weight is 351 g/mol. The van der Waals surface area contributed by atoms with Gasteiger partial charge in [0.1, 0.15) is 12.4 Å². The first-order chi connectivity index (χ1) is 9.70. The van der Waals surface area contributed by atoms with E-state index in [-0.39, 0.29) is 6.61 Å². The van der Waals surface area contributed by atoms with E-state index in [1.807, 2.05) is 42.5 Å². The Balaban J connectivity index is 2.14. The molecule has 0 aromatic heterocycles. The maximum atomic E-state index is 6.12. The number of benzene rings is 2. The van der Waals surface area contributed by atoms with Gasteiger partial charge in [-0.05, 0) is 30.3 Å². The molecule has 0 saturated heterocycles. The number of rotatable bonds is 5. The normalized spacial score (nSPS) is 9.85. The number of anilines is 1. The average Bonchev–Trinajstić information content (AvgIpc) is 2.45. The van der Waals surface area contributed by atoms with Crippen LogP contribution in [0, 0.1) is 12.3 Å². The van der Waals surface area contributed by atoms with Gasteiger partial charge >= 0.3 is 0 Å². The van der Waals surface area contributed by atoms with Crippen molar-refractivity contribution in [2.45, 2.75) is 6.54 Å². The maximum absolute atomic E-state index is 6.12. The number of halogens is 2. The summed E-state index contributed by atoms with van der Waals surface area (Å²) in [6.45, 7) is 0.851. The van der Waals surface area contributed by atoms with Gasteiger partial charge in [-0.3, -0.25) is 0 Å². The van der Waals surface area contributed by atoms with Gasteiger partial charge in [0.25, 0.3) is 0 Å². The predicted octanol–water partition coefficient (Wildman–Crippen LogP) is 4.73. The second kappa shape index (κ2) is 7.23. The third-order valence-electron chi connectivity index (χ3n) is 2.68. The summed E-state index contributed by atoms with van der Waals surface area (Å²) in [6, 6.07) is 13.4. The van der Waals surface area contributed by atoms with E-state index in [1.54, 1.807) is 0 Å². The molecule has 2 rings (SSSR count). The van der Waals surface area contributed by atoms with E-state index in [0.29, 0.717) is 11.6 Å². The zero-order valence-corrected chi connectivity index (χ0v) is 13.0. The molecule has 0 heterocycles. The highest BCUT2D eigenvalue weighted by Crippen LogP contribution is 2.26. The van der Waals surface area contributed by atoms with Crippen LogP contribution in [0.25, 0.3) is 0 Å². The van der Waals surface area contributed by atoms with Gasteiger partial charge in [0.05, 0.1) is 10.7 Å². The minimum Gasteiger partial charge on any atom is -0.481 e. The number of hydrogen-bond donors (Lipinski definition) is 1. The topological polar surface area (TPSA) is 21.3 Å². The van der Waals surface area contributed by atoms with Crippen LogP contribution < -0.4 is 10.1 Å². The lowest BCUT2D eigenvalue weighted by Crippen LogP contribution is -2.04. The summed E-state index contributed by atoms with van der Waals surface area (Å²) < 4.78 is 6.52. The predicted molar refractivity (Wildman–Crippen MR) is 87.2 cm³/mol. The summed E-state index contributed by atoms with van der Waals surface area (Å²) in [5, 5.41) is 3.98. The van der Waals surface area contributed by atoms with E-state index in [1.165, 1.54) is 0 Å². The van der Waals surface area contributed by atoms with Crippen molar-refractivity contribution >= 4 is 33.2 Å². The summed E-state index contributed by atoms with van der Waals surface area (Å²) in [4.78, 5) is 0. The maximum Gasteiger partial charge on any atom is 0.148 e. The Kier molecular flexibility index (Phi) is 5.34. The Labute approximate surface area is 132 Å². The number of ether oxygens (including phenoxy) is 1. The molecule has 2 nitrogen and oxygen atoms in total. The quantitative estimate of drug-likeness (QED) is 0.787. The molecule has 20 heavy (non-hydrogen) atoms. The zero-order valence-electron chi connectivity index (χ0n) is 10.7. The molecule has 0 aliphatic heterocycles. The van der Waals surface area contributed by atoms with Crippen molar-refractivity contribution in [1.29, 1.82) is 0 Å². The second-order valence-electron chi connectivity index (χ2n) is 4.08. The molecule has 102 valence electrons. The molecule has 0 aliphatic rings. The molecule has 1 N–H and O–H groups in total. The largest absolute Gasteiger partial charge is 0.481 e. The summed E-state index contributed by atoms with van der Waals surface area (Å²) in [7, 11) is 0. The van der Waals surface area contributed by atoms with Gasteiger partial charge in [-0.15, -0.1) is 6.42 Å². The van der Waals surface area contributed by atoms with Crippen molar-refractivity contribution in [1.82, 2.24) is 0 Å². The SMILES string of the molecule is C#CCOc1ccc(Br)cc1CNc1ccccc1Cl. The Morgan fingerprint density at radius 3 is 2.80 bits per heavy atom. The number of hydrogen-bond acceptors (Lipinski definition) is 2. The van der Waals surface area contributed by atoms with E-state index in [9.17, 15) is 0 Å². The molecular formula is C16H13BrClNO. The van der Waals surface area contributed by atoms with Crippen molar-refractivity contribution in [2.75, 3.05) is 11.9 Å². The van der Waals surface area contributed by atoms with Crippen LogP contribution in [0.1, 0.15) is 5.56 Å². The van der Waals surface area contributed by atoms with Crippen LogP contribution in [0.2, 0.25) is 5.02 Å². The number of terminal acetylenes is 1. The standard InChI is InChI=1S/C16H13BrClNO/c1-2-9-20-16-8-7-13(17)10-12(16)11-19-15-6-4-3-5-14(15)18/h1,3-8,10,19H,9,11H2. The third kappa shape index (κ3) is 3.93. The van der Waals surface area contributed by atoms with Gasteiger partial charge in [0.15, 0.2) is 0 Å². The lowest BCUT2D eigenvalue weighted by atomic mass is 10.2. The van der Waals surface area contributed by atoms with Gasteiger partial charge in [-0.1, -0.05) is 45.6 Å². The molecule has 0 bridgehead atoms. The first-order valence-corrected chi connectivity index (χ1v) is 7.21. The third-order valence-corrected chi connectivity index (χ3v) is 3.50. The Morgan fingerprint density at radius 2 is 2.05 bits per heavy atom. The second-order valence-corrected chi connectivity index (χ2v) is 5.40. The Hall–Kier alpha value is -1.63.